The van der Waals surface area contributed by atoms with Crippen LogP contribution in [0.5, 0.6) is 0 Å². The lowest BCUT2D eigenvalue weighted by Crippen LogP contribution is -2.12. The summed E-state index contributed by atoms with van der Waals surface area (Å²) in [6.45, 7) is 3.13. The van der Waals surface area contributed by atoms with Crippen molar-refractivity contribution in [1.29, 1.82) is 0 Å². The fourth-order valence-electron chi connectivity index (χ4n) is 0.903. The summed E-state index contributed by atoms with van der Waals surface area (Å²) in [4.78, 5) is 3.92. The average molecular weight is 197 g/mol. The van der Waals surface area contributed by atoms with E-state index in [0.717, 1.165) is 12.2 Å². The van der Waals surface area contributed by atoms with Crippen LogP contribution in [0, 0.1) is 0 Å². The van der Waals surface area contributed by atoms with Crippen molar-refractivity contribution in [3.63, 3.8) is 0 Å². The molecule has 1 aromatic heterocycles. The van der Waals surface area contributed by atoms with E-state index in [1.54, 1.807) is 6.20 Å². The number of nitrogens with two attached hydrogens (primary N) is 1. The molecule has 0 amide bonds. The van der Waals surface area contributed by atoms with Gasteiger partial charge in [-0.15, -0.1) is 0 Å². The molecular weight excluding hydrogens is 182 g/mol. The van der Waals surface area contributed by atoms with Crippen LogP contribution in [-0.4, -0.2) is 23.0 Å². The first kappa shape index (κ1) is 10.2. The number of hydrogen-bond acceptors (Lipinski definition) is 4. The first-order chi connectivity index (χ1) is 6.22. The Labute approximate surface area is 83.1 Å². The fourth-order valence-corrected chi connectivity index (χ4v) is 1.15. The Morgan fingerprint density at radius 1 is 1.69 bits per heavy atom. The SMILES string of the molecule is CSC(C)CNc1ccnc(N)c1. The van der Waals surface area contributed by atoms with Gasteiger partial charge in [0.15, 0.2) is 0 Å². The Balaban J connectivity index is 2.45. The van der Waals surface area contributed by atoms with Crippen molar-refractivity contribution in [3.8, 4) is 0 Å². The summed E-state index contributed by atoms with van der Waals surface area (Å²) >= 11 is 1.84. The van der Waals surface area contributed by atoms with Crippen molar-refractivity contribution in [1.82, 2.24) is 4.98 Å². The summed E-state index contributed by atoms with van der Waals surface area (Å²) in [6, 6.07) is 3.76. The topological polar surface area (TPSA) is 50.9 Å². The van der Waals surface area contributed by atoms with Gasteiger partial charge in [0.2, 0.25) is 0 Å². The van der Waals surface area contributed by atoms with Gasteiger partial charge in [-0.25, -0.2) is 4.98 Å². The highest BCUT2D eigenvalue weighted by Gasteiger charge is 1.98. The lowest BCUT2D eigenvalue weighted by Gasteiger charge is -2.10. The Morgan fingerprint density at radius 3 is 3.08 bits per heavy atom. The van der Waals surface area contributed by atoms with Crippen LogP contribution in [0.4, 0.5) is 11.5 Å². The molecule has 0 radical (unpaired) electrons. The molecule has 0 aliphatic rings. The Hall–Kier alpha value is -0.900. The highest BCUT2D eigenvalue weighted by molar-refractivity contribution is 7.99. The van der Waals surface area contributed by atoms with Crippen molar-refractivity contribution < 1.29 is 0 Å². The number of rotatable bonds is 4. The van der Waals surface area contributed by atoms with E-state index in [-0.39, 0.29) is 0 Å². The van der Waals surface area contributed by atoms with Gasteiger partial charge in [0, 0.05) is 29.7 Å². The predicted octanol–water partition coefficient (Wildman–Crippen LogP) is 1.83. The minimum Gasteiger partial charge on any atom is -0.384 e. The summed E-state index contributed by atoms with van der Waals surface area (Å²) in [7, 11) is 0. The highest BCUT2D eigenvalue weighted by atomic mass is 32.2. The maximum Gasteiger partial charge on any atom is 0.125 e. The molecule has 0 fully saturated rings. The molecule has 4 heteroatoms. The molecule has 0 aliphatic carbocycles. The van der Waals surface area contributed by atoms with Gasteiger partial charge >= 0.3 is 0 Å². The average Bonchev–Trinajstić information content (AvgIpc) is 2.14. The summed E-state index contributed by atoms with van der Waals surface area (Å²) in [5.74, 6) is 0.557. The van der Waals surface area contributed by atoms with E-state index in [0.29, 0.717) is 11.1 Å². The molecule has 0 spiro atoms. The molecule has 0 bridgehead atoms. The maximum absolute atomic E-state index is 5.54. The molecular formula is C9H15N3S. The van der Waals surface area contributed by atoms with Crippen LogP contribution >= 0.6 is 11.8 Å². The first-order valence-electron chi connectivity index (χ1n) is 4.20. The third kappa shape index (κ3) is 3.55. The lowest BCUT2D eigenvalue weighted by molar-refractivity contribution is 1.00. The zero-order chi connectivity index (χ0) is 9.68. The minimum atomic E-state index is 0.557. The number of nitrogen functional groups attached to an aromatic ring is 1. The van der Waals surface area contributed by atoms with Crippen molar-refractivity contribution >= 4 is 23.3 Å². The number of anilines is 2. The third-order valence-electron chi connectivity index (χ3n) is 1.78. The highest BCUT2D eigenvalue weighted by Crippen LogP contribution is 2.11. The van der Waals surface area contributed by atoms with Crippen molar-refractivity contribution in [2.75, 3.05) is 23.9 Å². The molecule has 3 nitrogen and oxygen atoms in total. The molecule has 1 rings (SSSR count). The molecule has 1 unspecified atom stereocenters. The van der Waals surface area contributed by atoms with E-state index >= 15 is 0 Å². The molecule has 1 aromatic rings. The van der Waals surface area contributed by atoms with E-state index in [9.17, 15) is 0 Å². The van der Waals surface area contributed by atoms with E-state index in [1.807, 2.05) is 23.9 Å². The summed E-state index contributed by atoms with van der Waals surface area (Å²) in [6.07, 6.45) is 3.81. The Kier molecular flexibility index (Phi) is 3.89. The smallest absolute Gasteiger partial charge is 0.125 e. The van der Waals surface area contributed by atoms with Crippen LogP contribution in [0.25, 0.3) is 0 Å². The van der Waals surface area contributed by atoms with Crippen LogP contribution in [0.2, 0.25) is 0 Å². The van der Waals surface area contributed by atoms with E-state index in [1.165, 1.54) is 0 Å². The van der Waals surface area contributed by atoms with Gasteiger partial charge < -0.3 is 11.1 Å². The van der Waals surface area contributed by atoms with Crippen molar-refractivity contribution in [2.45, 2.75) is 12.2 Å². The predicted molar refractivity (Wildman–Crippen MR) is 60.1 cm³/mol. The molecule has 1 heterocycles. The van der Waals surface area contributed by atoms with Crippen molar-refractivity contribution in [2.24, 2.45) is 0 Å². The lowest BCUT2D eigenvalue weighted by atomic mass is 10.3. The van der Waals surface area contributed by atoms with Crippen LogP contribution in [-0.2, 0) is 0 Å². The Bertz CT molecular complexity index is 265. The monoisotopic (exact) mass is 197 g/mol. The normalized spacial score (nSPS) is 12.5. The number of nitrogens with one attached hydrogen (secondary N) is 1. The van der Waals surface area contributed by atoms with Gasteiger partial charge in [0.25, 0.3) is 0 Å². The summed E-state index contributed by atoms with van der Waals surface area (Å²) < 4.78 is 0. The standard InChI is InChI=1S/C9H15N3S/c1-7(13-2)6-12-8-3-4-11-9(10)5-8/h3-5,7H,6H2,1-2H3,(H3,10,11,12). The minimum absolute atomic E-state index is 0.557. The van der Waals surface area contributed by atoms with Gasteiger partial charge in [0.1, 0.15) is 5.82 Å². The maximum atomic E-state index is 5.54. The molecule has 3 N–H and O–H groups in total. The van der Waals surface area contributed by atoms with Gasteiger partial charge in [-0.05, 0) is 12.3 Å². The molecule has 13 heavy (non-hydrogen) atoms. The molecule has 0 aromatic carbocycles. The van der Waals surface area contributed by atoms with Gasteiger partial charge in [0.05, 0.1) is 0 Å². The van der Waals surface area contributed by atoms with Crippen LogP contribution in [0.15, 0.2) is 18.3 Å². The molecule has 72 valence electrons. The van der Waals surface area contributed by atoms with Crippen molar-refractivity contribution in [3.05, 3.63) is 18.3 Å². The summed E-state index contributed by atoms with van der Waals surface area (Å²) in [5, 5.41) is 3.90. The zero-order valence-electron chi connectivity index (χ0n) is 7.95. The van der Waals surface area contributed by atoms with E-state index in [2.05, 4.69) is 23.5 Å². The van der Waals surface area contributed by atoms with Crippen LogP contribution < -0.4 is 11.1 Å². The molecule has 0 saturated carbocycles. The van der Waals surface area contributed by atoms with E-state index in [4.69, 9.17) is 5.73 Å². The second-order valence-corrected chi connectivity index (χ2v) is 4.17. The molecule has 0 aliphatic heterocycles. The number of nitrogens with zero attached hydrogens (tertiary/aromatic N) is 1. The van der Waals surface area contributed by atoms with Gasteiger partial charge in [-0.1, -0.05) is 6.92 Å². The number of hydrogen-bond donors (Lipinski definition) is 2. The number of pyridine rings is 1. The quantitative estimate of drug-likeness (QED) is 0.773. The number of aromatic nitrogens is 1. The molecule has 1 atom stereocenters. The first-order valence-corrected chi connectivity index (χ1v) is 5.49. The fraction of sp³-hybridized carbons (Fsp3) is 0.444. The second kappa shape index (κ2) is 4.97. The third-order valence-corrected chi connectivity index (χ3v) is 2.75. The molecule has 0 saturated heterocycles. The van der Waals surface area contributed by atoms with Crippen LogP contribution in [0.1, 0.15) is 6.92 Å². The summed E-state index contributed by atoms with van der Waals surface area (Å²) in [5.41, 5.74) is 6.58. The zero-order valence-corrected chi connectivity index (χ0v) is 8.77. The Morgan fingerprint density at radius 2 is 2.46 bits per heavy atom. The number of thioether (sulfide) groups is 1. The van der Waals surface area contributed by atoms with Crippen LogP contribution in [0.3, 0.4) is 0 Å². The van der Waals surface area contributed by atoms with E-state index < -0.39 is 0 Å². The van der Waals surface area contributed by atoms with Gasteiger partial charge in [-0.3, -0.25) is 0 Å². The second-order valence-electron chi connectivity index (χ2n) is 2.90. The van der Waals surface area contributed by atoms with Gasteiger partial charge in [-0.2, -0.15) is 11.8 Å². The largest absolute Gasteiger partial charge is 0.384 e.